The van der Waals surface area contributed by atoms with Gasteiger partial charge in [-0.25, -0.2) is 9.37 Å². The van der Waals surface area contributed by atoms with E-state index in [0.29, 0.717) is 29.6 Å². The van der Waals surface area contributed by atoms with Crippen LogP contribution in [0.4, 0.5) is 27.5 Å². The van der Waals surface area contributed by atoms with E-state index >= 15 is 0 Å². The lowest BCUT2D eigenvalue weighted by molar-refractivity contribution is 0.0956. The summed E-state index contributed by atoms with van der Waals surface area (Å²) < 4.78 is 13.3. The maximum atomic E-state index is 13.3. The number of halogens is 1. The summed E-state index contributed by atoms with van der Waals surface area (Å²) in [5.74, 6) is 0.108. The Morgan fingerprint density at radius 2 is 1.91 bits per heavy atom. The number of carbonyl (C=O) groups excluding carboxylic acids is 1. The molecule has 0 atom stereocenters. The van der Waals surface area contributed by atoms with Crippen molar-refractivity contribution in [1.82, 2.24) is 20.6 Å². The minimum absolute atomic E-state index is 0.184. The molecule has 2 aromatic carbocycles. The minimum Gasteiger partial charge on any atom is -0.352 e. The first-order valence-corrected chi connectivity index (χ1v) is 10.9. The predicted octanol–water partition coefficient (Wildman–Crippen LogP) is 3.99. The van der Waals surface area contributed by atoms with Crippen molar-refractivity contribution < 1.29 is 9.18 Å². The highest BCUT2D eigenvalue weighted by Crippen LogP contribution is 2.48. The third-order valence-corrected chi connectivity index (χ3v) is 5.96. The molecule has 0 saturated heterocycles. The molecule has 0 bridgehead atoms. The van der Waals surface area contributed by atoms with Gasteiger partial charge in [0.1, 0.15) is 17.2 Å². The van der Waals surface area contributed by atoms with Gasteiger partial charge in [0.15, 0.2) is 0 Å². The molecule has 1 fully saturated rings. The quantitative estimate of drug-likeness (QED) is 0.471. The van der Waals surface area contributed by atoms with E-state index < -0.39 is 0 Å². The molecule has 1 aliphatic carbocycles. The standard InChI is InChI=1S/C24H25FN6O/c1-2-26-22(32)19-14-27-23(31-21(19)29-17-5-3-16(25)4-6-17)30-18-7-8-20-15(13-18)9-12-28-24(20)10-11-24/h3-8,13-14,28H,2,9-12H2,1H3,(H,26,32)(H2,27,29,30,31). The van der Waals surface area contributed by atoms with Gasteiger partial charge in [-0.05, 0) is 73.7 Å². The molecule has 2 heterocycles. The lowest BCUT2D eigenvalue weighted by atomic mass is 9.92. The van der Waals surface area contributed by atoms with Gasteiger partial charge in [0.05, 0.1) is 0 Å². The number of carbonyl (C=O) groups is 1. The van der Waals surface area contributed by atoms with Crippen LogP contribution < -0.4 is 21.3 Å². The molecule has 2 aliphatic rings. The van der Waals surface area contributed by atoms with Gasteiger partial charge < -0.3 is 21.3 Å². The Morgan fingerprint density at radius 3 is 2.66 bits per heavy atom. The van der Waals surface area contributed by atoms with E-state index in [-0.39, 0.29) is 17.3 Å². The number of nitrogens with one attached hydrogen (secondary N) is 4. The van der Waals surface area contributed by atoms with Crippen LogP contribution >= 0.6 is 0 Å². The SMILES string of the molecule is CCNC(=O)c1cnc(Nc2ccc3c(c2)CCNC32CC2)nc1Nc1ccc(F)cc1. The highest BCUT2D eigenvalue weighted by molar-refractivity contribution is 5.99. The van der Waals surface area contributed by atoms with Crippen LogP contribution in [0.5, 0.6) is 0 Å². The van der Waals surface area contributed by atoms with Crippen LogP contribution in [-0.4, -0.2) is 29.0 Å². The first kappa shape index (κ1) is 20.4. The lowest BCUT2D eigenvalue weighted by Gasteiger charge is -2.27. The number of nitrogens with zero attached hydrogens (tertiary/aromatic N) is 2. The summed E-state index contributed by atoms with van der Waals surface area (Å²) in [5.41, 5.74) is 4.75. The summed E-state index contributed by atoms with van der Waals surface area (Å²) >= 11 is 0. The molecule has 1 amide bonds. The molecule has 4 N–H and O–H groups in total. The molecule has 0 radical (unpaired) electrons. The third kappa shape index (κ3) is 4.01. The van der Waals surface area contributed by atoms with Crippen LogP contribution in [0.15, 0.2) is 48.7 Å². The molecule has 8 heteroatoms. The van der Waals surface area contributed by atoms with E-state index in [0.717, 1.165) is 18.7 Å². The summed E-state index contributed by atoms with van der Waals surface area (Å²) in [5, 5.41) is 12.8. The van der Waals surface area contributed by atoms with Crippen molar-refractivity contribution in [3.8, 4) is 0 Å². The number of anilines is 4. The molecular formula is C24H25FN6O. The van der Waals surface area contributed by atoms with Gasteiger partial charge in [-0.1, -0.05) is 6.07 Å². The zero-order valence-electron chi connectivity index (χ0n) is 17.8. The monoisotopic (exact) mass is 432 g/mol. The highest BCUT2D eigenvalue weighted by atomic mass is 19.1. The third-order valence-electron chi connectivity index (χ3n) is 5.96. The molecule has 7 nitrogen and oxygen atoms in total. The molecule has 0 unspecified atom stereocenters. The van der Waals surface area contributed by atoms with Crippen molar-refractivity contribution in [2.75, 3.05) is 23.7 Å². The summed E-state index contributed by atoms with van der Waals surface area (Å²) in [6, 6.07) is 12.3. The van der Waals surface area contributed by atoms with Gasteiger partial charge in [0.25, 0.3) is 5.91 Å². The lowest BCUT2D eigenvalue weighted by Crippen LogP contribution is -2.36. The van der Waals surface area contributed by atoms with Crippen molar-refractivity contribution in [3.05, 3.63) is 71.2 Å². The first-order valence-electron chi connectivity index (χ1n) is 10.9. The molecule has 32 heavy (non-hydrogen) atoms. The second-order valence-corrected chi connectivity index (χ2v) is 8.20. The van der Waals surface area contributed by atoms with Crippen molar-refractivity contribution >= 4 is 29.0 Å². The zero-order valence-corrected chi connectivity index (χ0v) is 17.8. The van der Waals surface area contributed by atoms with Crippen molar-refractivity contribution in [2.24, 2.45) is 0 Å². The number of rotatable bonds is 6. The van der Waals surface area contributed by atoms with E-state index in [1.54, 1.807) is 12.1 Å². The van der Waals surface area contributed by atoms with Gasteiger partial charge in [-0.3, -0.25) is 4.79 Å². The van der Waals surface area contributed by atoms with Gasteiger partial charge in [-0.15, -0.1) is 0 Å². The van der Waals surface area contributed by atoms with Crippen LogP contribution in [0, 0.1) is 5.82 Å². The fraction of sp³-hybridized carbons (Fsp3) is 0.292. The Morgan fingerprint density at radius 1 is 1.12 bits per heavy atom. The Kier molecular flexibility index (Phi) is 5.22. The maximum absolute atomic E-state index is 13.3. The molecule has 1 spiro atoms. The average molecular weight is 433 g/mol. The number of hydrogen-bond acceptors (Lipinski definition) is 6. The van der Waals surface area contributed by atoms with Gasteiger partial charge in [0.2, 0.25) is 5.95 Å². The van der Waals surface area contributed by atoms with Crippen LogP contribution in [0.3, 0.4) is 0 Å². The Labute approximate surface area is 185 Å². The first-order chi connectivity index (χ1) is 15.6. The Bertz CT molecular complexity index is 1160. The second-order valence-electron chi connectivity index (χ2n) is 8.20. The maximum Gasteiger partial charge on any atom is 0.256 e. The van der Waals surface area contributed by atoms with E-state index in [1.165, 1.54) is 42.3 Å². The van der Waals surface area contributed by atoms with Crippen molar-refractivity contribution in [2.45, 2.75) is 31.7 Å². The predicted molar refractivity (Wildman–Crippen MR) is 122 cm³/mol. The molecule has 5 rings (SSSR count). The summed E-state index contributed by atoms with van der Waals surface area (Å²) in [6.45, 7) is 3.32. The van der Waals surface area contributed by atoms with E-state index in [4.69, 9.17) is 0 Å². The van der Waals surface area contributed by atoms with Gasteiger partial charge >= 0.3 is 0 Å². The minimum atomic E-state index is -0.333. The molecule has 1 aliphatic heterocycles. The Hall–Kier alpha value is -3.52. The molecular weight excluding hydrogens is 407 g/mol. The topological polar surface area (TPSA) is 91.0 Å². The molecule has 1 aromatic heterocycles. The number of fused-ring (bicyclic) bond motifs is 2. The second kappa shape index (κ2) is 8.20. The average Bonchev–Trinajstić information content (AvgIpc) is 3.56. The van der Waals surface area contributed by atoms with Crippen LogP contribution in [0.2, 0.25) is 0 Å². The Balaban J connectivity index is 1.43. The largest absolute Gasteiger partial charge is 0.352 e. The summed E-state index contributed by atoms with van der Waals surface area (Å²) in [4.78, 5) is 21.4. The zero-order chi connectivity index (χ0) is 22.1. The van der Waals surface area contributed by atoms with Gasteiger partial charge in [-0.2, -0.15) is 4.98 Å². The number of hydrogen-bond donors (Lipinski definition) is 4. The normalized spacial score (nSPS) is 15.7. The van der Waals surface area contributed by atoms with E-state index in [9.17, 15) is 9.18 Å². The molecule has 3 aromatic rings. The van der Waals surface area contributed by atoms with Crippen LogP contribution in [-0.2, 0) is 12.0 Å². The highest BCUT2D eigenvalue weighted by Gasteiger charge is 2.46. The smallest absolute Gasteiger partial charge is 0.256 e. The number of amides is 1. The molecule has 164 valence electrons. The van der Waals surface area contributed by atoms with E-state index in [1.807, 2.05) is 13.0 Å². The van der Waals surface area contributed by atoms with Crippen molar-refractivity contribution in [3.63, 3.8) is 0 Å². The van der Waals surface area contributed by atoms with E-state index in [2.05, 4.69) is 43.4 Å². The van der Waals surface area contributed by atoms with Crippen LogP contribution in [0.25, 0.3) is 0 Å². The molecule has 1 saturated carbocycles. The summed E-state index contributed by atoms with van der Waals surface area (Å²) in [7, 11) is 0. The summed E-state index contributed by atoms with van der Waals surface area (Å²) in [6.07, 6.45) is 4.86. The number of aromatic nitrogens is 2. The van der Waals surface area contributed by atoms with Crippen LogP contribution in [0.1, 0.15) is 41.3 Å². The van der Waals surface area contributed by atoms with Crippen molar-refractivity contribution in [1.29, 1.82) is 0 Å². The number of benzene rings is 2. The fourth-order valence-electron chi connectivity index (χ4n) is 4.21. The van der Waals surface area contributed by atoms with Gasteiger partial charge in [0, 0.05) is 36.2 Å². The fourth-order valence-corrected chi connectivity index (χ4v) is 4.21.